The Balaban J connectivity index is 0.00000361. The van der Waals surface area contributed by atoms with E-state index in [4.69, 9.17) is 6.42 Å². The number of hydrogen-bond donors (Lipinski definition) is 1. The molecule has 0 bridgehead atoms. The zero-order chi connectivity index (χ0) is 14.1. The van der Waals surface area contributed by atoms with Gasteiger partial charge in [0, 0.05) is 20.1 Å². The summed E-state index contributed by atoms with van der Waals surface area (Å²) in [6.45, 7) is 6.27. The molecule has 0 aliphatic heterocycles. The number of benzene rings is 1. The van der Waals surface area contributed by atoms with Crippen LogP contribution >= 0.6 is 24.0 Å². The highest BCUT2D eigenvalue weighted by Gasteiger charge is 2.05. The van der Waals surface area contributed by atoms with Crippen LogP contribution in [0.5, 0.6) is 0 Å². The second-order valence-corrected chi connectivity index (χ2v) is 4.40. The topological polar surface area (TPSA) is 27.6 Å². The van der Waals surface area contributed by atoms with E-state index in [9.17, 15) is 0 Å². The van der Waals surface area contributed by atoms with Crippen LogP contribution in [0.2, 0.25) is 0 Å². The van der Waals surface area contributed by atoms with Gasteiger partial charge in [-0.2, -0.15) is 0 Å². The summed E-state index contributed by atoms with van der Waals surface area (Å²) in [5, 5.41) is 3.24. The third-order valence-corrected chi connectivity index (χ3v) is 2.87. The van der Waals surface area contributed by atoms with Crippen LogP contribution in [0, 0.1) is 12.3 Å². The van der Waals surface area contributed by atoms with Crippen molar-refractivity contribution in [1.29, 1.82) is 0 Å². The van der Waals surface area contributed by atoms with E-state index in [1.165, 1.54) is 11.1 Å². The molecule has 0 radical (unpaired) electrons. The molecule has 1 aromatic carbocycles. The average molecular weight is 385 g/mol. The van der Waals surface area contributed by atoms with Gasteiger partial charge in [-0.3, -0.25) is 0 Å². The molecule has 0 aromatic heterocycles. The van der Waals surface area contributed by atoms with E-state index in [1.54, 1.807) is 0 Å². The van der Waals surface area contributed by atoms with Crippen LogP contribution < -0.4 is 5.32 Å². The Hall–Kier alpha value is -1.22. The van der Waals surface area contributed by atoms with Crippen molar-refractivity contribution < 1.29 is 0 Å². The molecule has 0 heterocycles. The number of nitrogens with one attached hydrogen (secondary N) is 1. The standard InChI is InChI=1S/C16H23N3.HI/c1-5-12-18-16(17-7-3)19(4)13-15-10-8-14(6-2)9-11-15;/h1,8-11H,6-7,12-13H2,2-4H3,(H,17,18);1H. The first kappa shape index (κ1) is 18.8. The van der Waals surface area contributed by atoms with E-state index in [-0.39, 0.29) is 24.0 Å². The molecule has 4 heteroatoms. The molecule has 20 heavy (non-hydrogen) atoms. The quantitative estimate of drug-likeness (QED) is 0.365. The lowest BCUT2D eigenvalue weighted by Gasteiger charge is -2.22. The van der Waals surface area contributed by atoms with Gasteiger partial charge in [-0.1, -0.05) is 37.1 Å². The lowest BCUT2D eigenvalue weighted by Crippen LogP contribution is -2.38. The average Bonchev–Trinajstić information content (AvgIpc) is 2.44. The van der Waals surface area contributed by atoms with Crippen molar-refractivity contribution >= 4 is 29.9 Å². The summed E-state index contributed by atoms with van der Waals surface area (Å²) in [5.74, 6) is 3.38. The molecule has 0 aliphatic rings. The van der Waals surface area contributed by atoms with Gasteiger partial charge < -0.3 is 10.2 Å². The molecule has 0 spiro atoms. The van der Waals surface area contributed by atoms with Crippen molar-refractivity contribution in [2.75, 3.05) is 20.1 Å². The molecule has 0 amide bonds. The maximum atomic E-state index is 5.25. The van der Waals surface area contributed by atoms with E-state index in [1.807, 2.05) is 7.05 Å². The molecular formula is C16H24IN3. The first-order valence-electron chi connectivity index (χ1n) is 6.72. The Labute approximate surface area is 139 Å². The third-order valence-electron chi connectivity index (χ3n) is 2.87. The van der Waals surface area contributed by atoms with Gasteiger partial charge in [0.15, 0.2) is 5.96 Å². The number of nitrogens with zero attached hydrogens (tertiary/aromatic N) is 2. The largest absolute Gasteiger partial charge is 0.356 e. The smallest absolute Gasteiger partial charge is 0.194 e. The van der Waals surface area contributed by atoms with Crippen LogP contribution in [-0.4, -0.2) is 31.0 Å². The van der Waals surface area contributed by atoms with Gasteiger partial charge >= 0.3 is 0 Å². The fourth-order valence-corrected chi connectivity index (χ4v) is 1.82. The van der Waals surface area contributed by atoms with Crippen LogP contribution in [-0.2, 0) is 13.0 Å². The molecule has 1 aromatic rings. The molecule has 0 saturated heterocycles. The molecule has 0 aliphatic carbocycles. The fraction of sp³-hybridized carbons (Fsp3) is 0.438. The molecule has 0 saturated carbocycles. The van der Waals surface area contributed by atoms with Gasteiger partial charge in [0.05, 0.1) is 0 Å². The Morgan fingerprint density at radius 2 is 1.85 bits per heavy atom. The van der Waals surface area contributed by atoms with Crippen molar-refractivity contribution in [2.45, 2.75) is 26.8 Å². The number of guanidine groups is 1. The number of hydrogen-bond acceptors (Lipinski definition) is 1. The molecule has 1 N–H and O–H groups in total. The number of rotatable bonds is 5. The van der Waals surface area contributed by atoms with Crippen molar-refractivity contribution in [1.82, 2.24) is 10.2 Å². The predicted molar refractivity (Wildman–Crippen MR) is 97.5 cm³/mol. The van der Waals surface area contributed by atoms with Crippen LogP contribution in [0.15, 0.2) is 29.3 Å². The summed E-state index contributed by atoms with van der Waals surface area (Å²) in [7, 11) is 2.02. The minimum atomic E-state index is 0. The van der Waals surface area contributed by atoms with Gasteiger partial charge in [0.25, 0.3) is 0 Å². The van der Waals surface area contributed by atoms with Crippen molar-refractivity contribution in [3.63, 3.8) is 0 Å². The number of aryl methyl sites for hydroxylation is 1. The molecule has 1 rings (SSSR count). The predicted octanol–water partition coefficient (Wildman–Crippen LogP) is 2.90. The maximum absolute atomic E-state index is 5.25. The Morgan fingerprint density at radius 3 is 2.35 bits per heavy atom. The van der Waals surface area contributed by atoms with Gasteiger partial charge in [-0.15, -0.1) is 30.4 Å². The Bertz CT molecular complexity index is 446. The summed E-state index contributed by atoms with van der Waals surface area (Å²) < 4.78 is 0. The van der Waals surface area contributed by atoms with Crippen LogP contribution in [0.4, 0.5) is 0 Å². The van der Waals surface area contributed by atoms with Gasteiger partial charge in [0.2, 0.25) is 0 Å². The summed E-state index contributed by atoms with van der Waals surface area (Å²) in [5.41, 5.74) is 2.63. The van der Waals surface area contributed by atoms with Crippen molar-refractivity contribution in [3.05, 3.63) is 35.4 Å². The summed E-state index contributed by atoms with van der Waals surface area (Å²) in [4.78, 5) is 6.44. The number of aliphatic imine (C=N–C) groups is 1. The summed E-state index contributed by atoms with van der Waals surface area (Å²) in [6, 6.07) is 8.68. The lowest BCUT2D eigenvalue weighted by atomic mass is 10.1. The number of halogens is 1. The zero-order valence-corrected chi connectivity index (χ0v) is 14.8. The highest BCUT2D eigenvalue weighted by Crippen LogP contribution is 2.07. The number of terminal acetylenes is 1. The van der Waals surface area contributed by atoms with E-state index >= 15 is 0 Å². The van der Waals surface area contributed by atoms with Crippen LogP contribution in [0.1, 0.15) is 25.0 Å². The van der Waals surface area contributed by atoms with Crippen molar-refractivity contribution in [3.8, 4) is 12.3 Å². The molecular weight excluding hydrogens is 361 g/mol. The highest BCUT2D eigenvalue weighted by atomic mass is 127. The summed E-state index contributed by atoms with van der Waals surface area (Å²) >= 11 is 0. The lowest BCUT2D eigenvalue weighted by molar-refractivity contribution is 0.478. The summed E-state index contributed by atoms with van der Waals surface area (Å²) in [6.07, 6.45) is 6.33. The zero-order valence-electron chi connectivity index (χ0n) is 12.5. The second-order valence-electron chi connectivity index (χ2n) is 4.40. The molecule has 3 nitrogen and oxygen atoms in total. The van der Waals surface area contributed by atoms with E-state index in [0.717, 1.165) is 25.5 Å². The monoisotopic (exact) mass is 385 g/mol. The highest BCUT2D eigenvalue weighted by molar-refractivity contribution is 14.0. The van der Waals surface area contributed by atoms with E-state index in [2.05, 4.69) is 59.2 Å². The van der Waals surface area contributed by atoms with Gasteiger partial charge in [0.1, 0.15) is 6.54 Å². The Morgan fingerprint density at radius 1 is 1.25 bits per heavy atom. The first-order valence-corrected chi connectivity index (χ1v) is 6.72. The first-order chi connectivity index (χ1) is 9.21. The van der Waals surface area contributed by atoms with Gasteiger partial charge in [-0.05, 0) is 24.5 Å². The molecule has 0 fully saturated rings. The SMILES string of the molecule is C#CCN=C(NCC)N(C)Cc1ccc(CC)cc1.I. The van der Waals surface area contributed by atoms with Crippen LogP contribution in [0.3, 0.4) is 0 Å². The van der Waals surface area contributed by atoms with Crippen LogP contribution in [0.25, 0.3) is 0 Å². The fourth-order valence-electron chi connectivity index (χ4n) is 1.82. The molecule has 110 valence electrons. The molecule has 0 unspecified atom stereocenters. The maximum Gasteiger partial charge on any atom is 0.194 e. The normalized spacial score (nSPS) is 10.4. The molecule has 0 atom stereocenters. The van der Waals surface area contributed by atoms with E-state index in [0.29, 0.717) is 6.54 Å². The van der Waals surface area contributed by atoms with E-state index < -0.39 is 0 Å². The minimum Gasteiger partial charge on any atom is -0.356 e. The Kier molecular flexibility index (Phi) is 9.91. The minimum absolute atomic E-state index is 0. The second kappa shape index (κ2) is 10.6. The van der Waals surface area contributed by atoms with Crippen molar-refractivity contribution in [2.24, 2.45) is 4.99 Å². The van der Waals surface area contributed by atoms with Gasteiger partial charge in [-0.25, -0.2) is 4.99 Å². The third kappa shape index (κ3) is 6.29.